The fourth-order valence-electron chi connectivity index (χ4n) is 5.33. The zero-order valence-corrected chi connectivity index (χ0v) is 19.9. The van der Waals surface area contributed by atoms with Crippen molar-refractivity contribution >= 4 is 11.9 Å². The SMILES string of the molecule is CCCCCCCCCCCCCCCCCCNC(=O)C1C(C(=O)O)[C@H]2CC[C@@H]1O2. The second-order valence-electron chi connectivity index (χ2n) is 9.77. The summed E-state index contributed by atoms with van der Waals surface area (Å²) in [6.07, 6.45) is 22.4. The predicted molar refractivity (Wildman–Crippen MR) is 125 cm³/mol. The van der Waals surface area contributed by atoms with Crippen LogP contribution >= 0.6 is 0 Å². The molecule has 2 bridgehead atoms. The minimum Gasteiger partial charge on any atom is -0.481 e. The molecule has 2 aliphatic heterocycles. The van der Waals surface area contributed by atoms with Crippen LogP contribution in [0.1, 0.15) is 122 Å². The highest BCUT2D eigenvalue weighted by atomic mass is 16.5. The molecular weight excluding hydrogens is 390 g/mol. The first-order chi connectivity index (χ1) is 15.1. The van der Waals surface area contributed by atoms with E-state index < -0.39 is 17.8 Å². The Kier molecular flexibility index (Phi) is 13.2. The highest BCUT2D eigenvalue weighted by molar-refractivity contribution is 5.86. The lowest BCUT2D eigenvalue weighted by Crippen LogP contribution is -2.44. The summed E-state index contributed by atoms with van der Waals surface area (Å²) in [6.45, 7) is 2.92. The minimum atomic E-state index is -0.894. The molecule has 0 aromatic heterocycles. The van der Waals surface area contributed by atoms with Crippen LogP contribution in [0.15, 0.2) is 0 Å². The molecule has 0 aromatic rings. The van der Waals surface area contributed by atoms with Crippen molar-refractivity contribution in [1.29, 1.82) is 0 Å². The molecule has 2 aliphatic rings. The van der Waals surface area contributed by atoms with Gasteiger partial charge in [-0.3, -0.25) is 9.59 Å². The number of carbonyl (C=O) groups is 2. The summed E-state index contributed by atoms with van der Waals surface area (Å²) in [5.41, 5.74) is 0. The zero-order valence-electron chi connectivity index (χ0n) is 19.9. The van der Waals surface area contributed by atoms with Crippen molar-refractivity contribution < 1.29 is 19.4 Å². The van der Waals surface area contributed by atoms with Crippen molar-refractivity contribution in [3.63, 3.8) is 0 Å². The van der Waals surface area contributed by atoms with E-state index in [0.717, 1.165) is 25.7 Å². The van der Waals surface area contributed by atoms with Crippen LogP contribution in [0, 0.1) is 11.8 Å². The quantitative estimate of drug-likeness (QED) is 0.234. The Bertz CT molecular complexity index is 510. The molecule has 4 atom stereocenters. The first kappa shape index (κ1) is 26.2. The molecule has 0 spiro atoms. The van der Waals surface area contributed by atoms with E-state index in [-0.39, 0.29) is 18.1 Å². The molecule has 2 rings (SSSR count). The second kappa shape index (κ2) is 15.7. The Labute approximate surface area is 190 Å². The van der Waals surface area contributed by atoms with E-state index in [1.54, 1.807) is 0 Å². The van der Waals surface area contributed by atoms with Crippen LogP contribution in [0.2, 0.25) is 0 Å². The topological polar surface area (TPSA) is 75.6 Å². The predicted octanol–water partition coefficient (Wildman–Crippen LogP) is 6.24. The van der Waals surface area contributed by atoms with Gasteiger partial charge < -0.3 is 15.2 Å². The Balaban J connectivity index is 1.35. The summed E-state index contributed by atoms with van der Waals surface area (Å²) >= 11 is 0. The van der Waals surface area contributed by atoms with Gasteiger partial charge in [0, 0.05) is 6.54 Å². The van der Waals surface area contributed by atoms with E-state index in [0.29, 0.717) is 6.54 Å². The van der Waals surface area contributed by atoms with Crippen molar-refractivity contribution in [2.45, 2.75) is 135 Å². The fourth-order valence-corrected chi connectivity index (χ4v) is 5.33. The maximum Gasteiger partial charge on any atom is 0.310 e. The number of hydrogen-bond acceptors (Lipinski definition) is 3. The van der Waals surface area contributed by atoms with Crippen LogP contribution in [-0.2, 0) is 14.3 Å². The zero-order chi connectivity index (χ0) is 22.3. The lowest BCUT2D eigenvalue weighted by atomic mass is 9.78. The molecule has 2 heterocycles. The van der Waals surface area contributed by atoms with Gasteiger partial charge in [-0.2, -0.15) is 0 Å². The smallest absolute Gasteiger partial charge is 0.310 e. The third kappa shape index (κ3) is 9.51. The average Bonchev–Trinajstić information content (AvgIpc) is 3.37. The highest BCUT2D eigenvalue weighted by Gasteiger charge is 2.55. The van der Waals surface area contributed by atoms with Crippen molar-refractivity contribution in [2.75, 3.05) is 6.54 Å². The first-order valence-electron chi connectivity index (χ1n) is 13.3. The normalized spacial score (nSPS) is 24.5. The van der Waals surface area contributed by atoms with Gasteiger partial charge in [-0.05, 0) is 19.3 Å². The third-order valence-corrected chi connectivity index (χ3v) is 7.19. The summed E-state index contributed by atoms with van der Waals surface area (Å²) in [6, 6.07) is 0. The second-order valence-corrected chi connectivity index (χ2v) is 9.77. The van der Waals surface area contributed by atoms with Crippen LogP contribution < -0.4 is 5.32 Å². The summed E-state index contributed by atoms with van der Waals surface area (Å²) < 4.78 is 5.68. The number of carboxylic acids is 1. The largest absolute Gasteiger partial charge is 0.481 e. The fraction of sp³-hybridized carbons (Fsp3) is 0.923. The molecule has 2 unspecified atom stereocenters. The number of hydrogen-bond donors (Lipinski definition) is 2. The van der Waals surface area contributed by atoms with Crippen molar-refractivity contribution in [2.24, 2.45) is 11.8 Å². The van der Waals surface area contributed by atoms with Crippen LogP contribution in [-0.4, -0.2) is 35.7 Å². The molecule has 2 saturated heterocycles. The number of aliphatic carboxylic acids is 1. The Morgan fingerprint density at radius 3 is 1.58 bits per heavy atom. The van der Waals surface area contributed by atoms with Gasteiger partial charge in [0.1, 0.15) is 0 Å². The molecule has 2 fully saturated rings. The van der Waals surface area contributed by atoms with Crippen molar-refractivity contribution in [3.8, 4) is 0 Å². The van der Waals surface area contributed by atoms with Crippen LogP contribution in [0.25, 0.3) is 0 Å². The highest BCUT2D eigenvalue weighted by Crippen LogP contribution is 2.43. The van der Waals surface area contributed by atoms with E-state index in [1.165, 1.54) is 89.9 Å². The number of rotatable bonds is 19. The molecule has 180 valence electrons. The average molecular weight is 438 g/mol. The van der Waals surface area contributed by atoms with E-state index >= 15 is 0 Å². The molecule has 0 aliphatic carbocycles. The maximum atomic E-state index is 12.5. The van der Waals surface area contributed by atoms with E-state index in [4.69, 9.17) is 4.74 Å². The number of amides is 1. The molecular formula is C26H47NO4. The van der Waals surface area contributed by atoms with Crippen LogP contribution in [0.4, 0.5) is 0 Å². The molecule has 5 nitrogen and oxygen atoms in total. The lowest BCUT2D eigenvalue weighted by molar-refractivity contribution is -0.147. The third-order valence-electron chi connectivity index (χ3n) is 7.19. The molecule has 0 saturated carbocycles. The van der Waals surface area contributed by atoms with Gasteiger partial charge >= 0.3 is 5.97 Å². The molecule has 2 N–H and O–H groups in total. The monoisotopic (exact) mass is 437 g/mol. The van der Waals surface area contributed by atoms with Gasteiger partial charge in [-0.1, -0.05) is 103 Å². The van der Waals surface area contributed by atoms with Gasteiger partial charge in [-0.15, -0.1) is 0 Å². The molecule has 5 heteroatoms. The Morgan fingerprint density at radius 2 is 1.13 bits per heavy atom. The number of fused-ring (bicyclic) bond motifs is 2. The van der Waals surface area contributed by atoms with Gasteiger partial charge in [0.25, 0.3) is 0 Å². The van der Waals surface area contributed by atoms with Crippen LogP contribution in [0.3, 0.4) is 0 Å². The number of carboxylic acid groups (broad SMARTS) is 1. The van der Waals surface area contributed by atoms with Gasteiger partial charge in [0.15, 0.2) is 0 Å². The molecule has 1 amide bonds. The molecule has 0 aromatic carbocycles. The summed E-state index contributed by atoms with van der Waals surface area (Å²) in [5.74, 6) is -2.18. The summed E-state index contributed by atoms with van der Waals surface area (Å²) in [5, 5.41) is 12.4. The maximum absolute atomic E-state index is 12.5. The Hall–Kier alpha value is -1.10. The summed E-state index contributed by atoms with van der Waals surface area (Å²) in [7, 11) is 0. The first-order valence-corrected chi connectivity index (χ1v) is 13.3. The van der Waals surface area contributed by atoms with Crippen molar-refractivity contribution in [1.82, 2.24) is 5.32 Å². The molecule has 31 heavy (non-hydrogen) atoms. The van der Waals surface area contributed by atoms with E-state index in [9.17, 15) is 14.7 Å². The number of ether oxygens (including phenoxy) is 1. The number of unbranched alkanes of at least 4 members (excludes halogenated alkanes) is 15. The minimum absolute atomic E-state index is 0.124. The van der Waals surface area contributed by atoms with Crippen molar-refractivity contribution in [3.05, 3.63) is 0 Å². The van der Waals surface area contributed by atoms with E-state index in [1.807, 2.05) is 0 Å². The summed E-state index contributed by atoms with van der Waals surface area (Å²) in [4.78, 5) is 23.9. The van der Waals surface area contributed by atoms with Crippen LogP contribution in [0.5, 0.6) is 0 Å². The number of carbonyl (C=O) groups excluding carboxylic acids is 1. The lowest BCUT2D eigenvalue weighted by Gasteiger charge is -2.23. The van der Waals surface area contributed by atoms with E-state index in [2.05, 4.69) is 12.2 Å². The Morgan fingerprint density at radius 1 is 0.710 bits per heavy atom. The molecule has 0 radical (unpaired) electrons. The van der Waals surface area contributed by atoms with Gasteiger partial charge in [-0.25, -0.2) is 0 Å². The van der Waals surface area contributed by atoms with Gasteiger partial charge in [0.05, 0.1) is 24.0 Å². The number of nitrogens with one attached hydrogen (secondary N) is 1. The van der Waals surface area contributed by atoms with Gasteiger partial charge in [0.2, 0.25) is 5.91 Å². The standard InChI is InChI=1S/C26H47NO4/c1-2-3-4-5-6-7-8-9-10-11-12-13-14-15-16-17-20-27-25(28)23-21-18-19-22(31-21)24(23)26(29)30/h21-24H,2-20H2,1H3,(H,27,28)(H,29,30)/t21-,22+,23?,24?/m0/s1.